The third-order valence-electron chi connectivity index (χ3n) is 4.28. The molecular weight excluding hydrogens is 286 g/mol. The van der Waals surface area contributed by atoms with E-state index in [9.17, 15) is 5.11 Å². The summed E-state index contributed by atoms with van der Waals surface area (Å²) in [6, 6.07) is 5.57. The van der Waals surface area contributed by atoms with Gasteiger partial charge >= 0.3 is 0 Å². The van der Waals surface area contributed by atoms with Crippen molar-refractivity contribution in [1.82, 2.24) is 5.32 Å². The maximum absolute atomic E-state index is 9.73. The van der Waals surface area contributed by atoms with Crippen LogP contribution in [0.3, 0.4) is 0 Å². The molecule has 0 atom stereocenters. The van der Waals surface area contributed by atoms with Gasteiger partial charge in [-0.05, 0) is 30.7 Å². The van der Waals surface area contributed by atoms with Crippen LogP contribution in [-0.2, 0) is 6.54 Å². The minimum Gasteiger partial charge on any atom is -0.504 e. The maximum atomic E-state index is 9.73. The number of hydrogen-bond donors (Lipinski definition) is 2. The van der Waals surface area contributed by atoms with Gasteiger partial charge in [0.2, 0.25) is 0 Å². The number of benzene rings is 1. The van der Waals surface area contributed by atoms with Gasteiger partial charge in [-0.2, -0.15) is 0 Å². The zero-order chi connectivity index (χ0) is 16.8. The Balaban J connectivity index is 1.92. The maximum Gasteiger partial charge on any atom is 0.160 e. The van der Waals surface area contributed by atoms with Crippen LogP contribution < -0.4 is 10.1 Å². The highest BCUT2D eigenvalue weighted by Gasteiger charge is 2.01. The number of methoxy groups -OCH3 is 1. The van der Waals surface area contributed by atoms with Crippen molar-refractivity contribution in [2.75, 3.05) is 13.7 Å². The van der Waals surface area contributed by atoms with Gasteiger partial charge in [0.25, 0.3) is 0 Å². The van der Waals surface area contributed by atoms with E-state index in [1.807, 2.05) is 12.1 Å². The van der Waals surface area contributed by atoms with E-state index < -0.39 is 0 Å². The Bertz CT molecular complexity index is 407. The monoisotopic (exact) mass is 321 g/mol. The summed E-state index contributed by atoms with van der Waals surface area (Å²) in [5.41, 5.74) is 1.09. The minimum absolute atomic E-state index is 0.214. The van der Waals surface area contributed by atoms with Crippen molar-refractivity contribution >= 4 is 0 Å². The summed E-state index contributed by atoms with van der Waals surface area (Å²) in [6.07, 6.45) is 13.7. The number of ether oxygens (including phenoxy) is 1. The molecule has 0 heterocycles. The first-order valence-electron chi connectivity index (χ1n) is 9.34. The zero-order valence-corrected chi connectivity index (χ0v) is 15.1. The summed E-state index contributed by atoms with van der Waals surface area (Å²) in [6.45, 7) is 4.11. The Morgan fingerprint density at radius 2 is 1.52 bits per heavy atom. The van der Waals surface area contributed by atoms with Gasteiger partial charge in [-0.3, -0.25) is 0 Å². The van der Waals surface area contributed by atoms with Crippen LogP contribution in [0.25, 0.3) is 0 Å². The van der Waals surface area contributed by atoms with Crippen molar-refractivity contribution in [2.45, 2.75) is 77.7 Å². The van der Waals surface area contributed by atoms with E-state index in [2.05, 4.69) is 12.2 Å². The van der Waals surface area contributed by atoms with Crippen LogP contribution >= 0.6 is 0 Å². The fourth-order valence-electron chi connectivity index (χ4n) is 2.82. The highest BCUT2D eigenvalue weighted by atomic mass is 16.5. The Hall–Kier alpha value is -1.22. The molecule has 0 aromatic heterocycles. The number of nitrogens with one attached hydrogen (secondary N) is 1. The summed E-state index contributed by atoms with van der Waals surface area (Å²) in [4.78, 5) is 0. The molecule has 0 aliphatic rings. The molecule has 0 amide bonds. The fourth-order valence-corrected chi connectivity index (χ4v) is 2.82. The van der Waals surface area contributed by atoms with E-state index in [1.54, 1.807) is 13.2 Å². The molecule has 1 aromatic carbocycles. The van der Waals surface area contributed by atoms with Crippen molar-refractivity contribution in [3.63, 3.8) is 0 Å². The van der Waals surface area contributed by atoms with Crippen LogP contribution in [0.5, 0.6) is 11.5 Å². The van der Waals surface area contributed by atoms with Gasteiger partial charge < -0.3 is 15.2 Å². The number of phenolic OH excluding ortho intramolecular Hbond substituents is 1. The van der Waals surface area contributed by atoms with E-state index in [4.69, 9.17) is 4.74 Å². The lowest BCUT2D eigenvalue weighted by molar-refractivity contribution is 0.373. The quantitative estimate of drug-likeness (QED) is 0.450. The smallest absolute Gasteiger partial charge is 0.160 e. The highest BCUT2D eigenvalue weighted by Crippen LogP contribution is 2.26. The zero-order valence-electron chi connectivity index (χ0n) is 15.1. The molecule has 0 radical (unpaired) electrons. The molecule has 0 bridgehead atoms. The molecule has 3 heteroatoms. The van der Waals surface area contributed by atoms with Gasteiger partial charge in [0, 0.05) is 6.54 Å². The molecule has 0 unspecified atom stereocenters. The highest BCUT2D eigenvalue weighted by molar-refractivity contribution is 5.41. The standard InChI is InChI=1S/C20H35NO2/c1-3-4-5-6-7-8-9-10-11-12-15-21-17-18-13-14-20(23-2)19(22)16-18/h13-14,16,21-22H,3-12,15,17H2,1-2H3. The average Bonchev–Trinajstić information content (AvgIpc) is 2.56. The van der Waals surface area contributed by atoms with E-state index in [0.29, 0.717) is 5.75 Å². The van der Waals surface area contributed by atoms with Gasteiger partial charge in [0.15, 0.2) is 11.5 Å². The molecule has 132 valence electrons. The second kappa shape index (κ2) is 13.2. The Morgan fingerprint density at radius 3 is 2.09 bits per heavy atom. The number of phenols is 1. The SMILES string of the molecule is CCCCCCCCCCCCNCc1ccc(OC)c(O)c1. The molecule has 1 rings (SSSR count). The van der Waals surface area contributed by atoms with Gasteiger partial charge in [-0.1, -0.05) is 70.8 Å². The molecule has 0 fully saturated rings. The molecule has 0 spiro atoms. The number of unbranched alkanes of at least 4 members (excludes halogenated alkanes) is 9. The first-order valence-corrected chi connectivity index (χ1v) is 9.34. The molecule has 0 saturated heterocycles. The second-order valence-corrected chi connectivity index (χ2v) is 6.36. The third kappa shape index (κ3) is 9.50. The normalized spacial score (nSPS) is 10.9. The number of hydrogen-bond acceptors (Lipinski definition) is 3. The van der Waals surface area contributed by atoms with Crippen LogP contribution in [0.4, 0.5) is 0 Å². The van der Waals surface area contributed by atoms with Crippen molar-refractivity contribution < 1.29 is 9.84 Å². The van der Waals surface area contributed by atoms with E-state index >= 15 is 0 Å². The summed E-state index contributed by atoms with van der Waals surface area (Å²) in [7, 11) is 1.57. The summed E-state index contributed by atoms with van der Waals surface area (Å²) < 4.78 is 5.05. The number of aromatic hydroxyl groups is 1. The first kappa shape index (κ1) is 19.8. The largest absolute Gasteiger partial charge is 0.504 e. The van der Waals surface area contributed by atoms with E-state index in [0.717, 1.165) is 18.7 Å². The van der Waals surface area contributed by atoms with Crippen molar-refractivity contribution in [3.8, 4) is 11.5 Å². The lowest BCUT2D eigenvalue weighted by Crippen LogP contribution is -2.14. The van der Waals surface area contributed by atoms with Crippen LogP contribution in [0.1, 0.15) is 76.7 Å². The van der Waals surface area contributed by atoms with Crippen molar-refractivity contribution in [1.29, 1.82) is 0 Å². The van der Waals surface area contributed by atoms with Crippen molar-refractivity contribution in [3.05, 3.63) is 23.8 Å². The summed E-state index contributed by atoms with van der Waals surface area (Å²) >= 11 is 0. The molecule has 23 heavy (non-hydrogen) atoms. The van der Waals surface area contributed by atoms with Gasteiger partial charge in [0.05, 0.1) is 7.11 Å². The lowest BCUT2D eigenvalue weighted by Gasteiger charge is -2.08. The molecular formula is C20H35NO2. The minimum atomic E-state index is 0.214. The summed E-state index contributed by atoms with van der Waals surface area (Å²) in [5, 5.41) is 13.2. The molecule has 2 N–H and O–H groups in total. The molecule has 0 aliphatic carbocycles. The third-order valence-corrected chi connectivity index (χ3v) is 4.28. The lowest BCUT2D eigenvalue weighted by atomic mass is 10.1. The Morgan fingerprint density at radius 1 is 0.913 bits per heavy atom. The molecule has 0 saturated carbocycles. The van der Waals surface area contributed by atoms with E-state index in [-0.39, 0.29) is 5.75 Å². The van der Waals surface area contributed by atoms with Crippen molar-refractivity contribution in [2.24, 2.45) is 0 Å². The van der Waals surface area contributed by atoms with Crippen LogP contribution in [0.2, 0.25) is 0 Å². The van der Waals surface area contributed by atoms with Gasteiger partial charge in [0.1, 0.15) is 0 Å². The van der Waals surface area contributed by atoms with Crippen LogP contribution in [0.15, 0.2) is 18.2 Å². The van der Waals surface area contributed by atoms with Crippen LogP contribution in [-0.4, -0.2) is 18.8 Å². The molecule has 1 aromatic rings. The summed E-state index contributed by atoms with van der Waals surface area (Å²) in [5.74, 6) is 0.745. The van der Waals surface area contributed by atoms with Crippen LogP contribution in [0, 0.1) is 0 Å². The Kier molecular flexibility index (Phi) is 11.4. The first-order chi connectivity index (χ1) is 11.3. The average molecular weight is 322 g/mol. The predicted molar refractivity (Wildman–Crippen MR) is 98.2 cm³/mol. The fraction of sp³-hybridized carbons (Fsp3) is 0.700. The second-order valence-electron chi connectivity index (χ2n) is 6.36. The number of rotatable bonds is 14. The Labute approximate surface area is 142 Å². The topological polar surface area (TPSA) is 41.5 Å². The van der Waals surface area contributed by atoms with Gasteiger partial charge in [-0.15, -0.1) is 0 Å². The van der Waals surface area contributed by atoms with Gasteiger partial charge in [-0.25, -0.2) is 0 Å². The molecule has 3 nitrogen and oxygen atoms in total. The molecule has 0 aliphatic heterocycles. The predicted octanol–water partition coefficient (Wildman–Crippen LogP) is 5.41. The van der Waals surface area contributed by atoms with E-state index in [1.165, 1.54) is 64.2 Å².